The summed E-state index contributed by atoms with van der Waals surface area (Å²) in [5, 5.41) is 7.03. The summed E-state index contributed by atoms with van der Waals surface area (Å²) in [5.74, 6) is 0.258. The Kier molecular flexibility index (Phi) is 6.23. The summed E-state index contributed by atoms with van der Waals surface area (Å²) in [6, 6.07) is 18.1. The van der Waals surface area contributed by atoms with Crippen molar-refractivity contribution in [2.45, 2.75) is 13.3 Å². The first-order chi connectivity index (χ1) is 14.9. The average molecular weight is 470 g/mol. The summed E-state index contributed by atoms with van der Waals surface area (Å²) in [5.41, 5.74) is 4.42. The number of fused-ring (bicyclic) bond motifs is 1. The third-order valence-corrected chi connectivity index (χ3v) is 5.48. The molecule has 1 heterocycles. The largest absolute Gasteiger partial charge is 0.440 e. The molecule has 0 spiro atoms. The molecule has 4 rings (SSSR count). The van der Waals surface area contributed by atoms with Gasteiger partial charge in [-0.3, -0.25) is 10.1 Å². The number of rotatable bonds is 4. The number of nitrogens with one attached hydrogen (secondary N) is 2. The van der Waals surface area contributed by atoms with Gasteiger partial charge in [0.05, 0.1) is 0 Å². The average Bonchev–Trinajstić information content (AvgIpc) is 3.13. The summed E-state index contributed by atoms with van der Waals surface area (Å²) in [6.07, 6.45) is 0.558. The Morgan fingerprint density at radius 2 is 1.84 bits per heavy atom. The summed E-state index contributed by atoms with van der Waals surface area (Å²) < 4.78 is 5.82. The zero-order valence-corrected chi connectivity index (χ0v) is 18.7. The molecule has 31 heavy (non-hydrogen) atoms. The molecule has 5 nitrogen and oxygen atoms in total. The van der Waals surface area contributed by atoms with Gasteiger partial charge in [0, 0.05) is 27.7 Å². The molecule has 0 saturated carbocycles. The lowest BCUT2D eigenvalue weighted by Crippen LogP contribution is -2.34. The van der Waals surface area contributed by atoms with Crippen LogP contribution in [0.4, 0.5) is 5.69 Å². The molecule has 0 unspecified atom stereocenters. The van der Waals surface area contributed by atoms with Crippen molar-refractivity contribution in [2.75, 3.05) is 5.32 Å². The summed E-state index contributed by atoms with van der Waals surface area (Å²) in [7, 11) is 0. The van der Waals surface area contributed by atoms with Crippen molar-refractivity contribution in [1.29, 1.82) is 0 Å². The molecule has 1 amide bonds. The van der Waals surface area contributed by atoms with Crippen LogP contribution in [0.15, 0.2) is 65.1 Å². The molecule has 0 fully saturated rings. The van der Waals surface area contributed by atoms with Crippen molar-refractivity contribution in [2.24, 2.45) is 0 Å². The van der Waals surface area contributed by atoms with Crippen LogP contribution in [0.1, 0.15) is 27.4 Å². The summed E-state index contributed by atoms with van der Waals surface area (Å²) >= 11 is 17.3. The van der Waals surface area contributed by atoms with Crippen LogP contribution in [-0.2, 0) is 6.42 Å². The molecule has 0 saturated heterocycles. The van der Waals surface area contributed by atoms with Gasteiger partial charge < -0.3 is 9.73 Å². The van der Waals surface area contributed by atoms with E-state index < -0.39 is 0 Å². The van der Waals surface area contributed by atoms with E-state index in [1.807, 2.05) is 37.3 Å². The summed E-state index contributed by atoms with van der Waals surface area (Å²) in [6.45, 7) is 1.87. The highest BCUT2D eigenvalue weighted by molar-refractivity contribution is 7.80. The number of benzene rings is 3. The maximum atomic E-state index is 12.4. The topological polar surface area (TPSA) is 67.2 Å². The van der Waals surface area contributed by atoms with Crippen LogP contribution in [0.25, 0.3) is 11.1 Å². The Labute approximate surface area is 194 Å². The molecule has 0 radical (unpaired) electrons. The number of amides is 1. The van der Waals surface area contributed by atoms with Gasteiger partial charge in [-0.15, -0.1) is 0 Å². The SMILES string of the molecule is Cc1ccc(C(=O)NC(=S)Nc2ccc3oc(Cc4ccc(Cl)cc4)nc3c2)cc1Cl. The van der Waals surface area contributed by atoms with E-state index in [2.05, 4.69) is 15.6 Å². The fourth-order valence-corrected chi connectivity index (χ4v) is 3.49. The van der Waals surface area contributed by atoms with Gasteiger partial charge in [-0.2, -0.15) is 0 Å². The molecular formula is C23H17Cl2N3O2S. The van der Waals surface area contributed by atoms with Crippen LogP contribution < -0.4 is 10.6 Å². The Morgan fingerprint density at radius 1 is 1.06 bits per heavy atom. The number of aromatic nitrogens is 1. The lowest BCUT2D eigenvalue weighted by molar-refractivity contribution is 0.0977. The molecule has 0 aliphatic heterocycles. The van der Waals surface area contributed by atoms with Crippen molar-refractivity contribution >= 4 is 63.2 Å². The van der Waals surface area contributed by atoms with Crippen molar-refractivity contribution in [3.05, 3.63) is 93.3 Å². The minimum Gasteiger partial charge on any atom is -0.440 e. The third-order valence-electron chi connectivity index (χ3n) is 4.62. The molecule has 3 aromatic carbocycles. The number of aryl methyl sites for hydroxylation is 1. The van der Waals surface area contributed by atoms with E-state index in [9.17, 15) is 4.79 Å². The first-order valence-electron chi connectivity index (χ1n) is 9.40. The molecular weight excluding hydrogens is 453 g/mol. The van der Waals surface area contributed by atoms with Crippen LogP contribution in [0, 0.1) is 6.92 Å². The number of oxazole rings is 1. The molecule has 4 aromatic rings. The standard InChI is InChI=1S/C23H17Cl2N3O2S/c1-13-2-5-15(11-18(13)25)22(29)28-23(31)26-17-8-9-20-19(12-17)27-21(30-20)10-14-3-6-16(24)7-4-14/h2-9,11-12H,10H2,1H3,(H2,26,28,29,31). The number of anilines is 1. The second kappa shape index (κ2) is 9.06. The Balaban J connectivity index is 1.43. The number of nitrogens with zero attached hydrogens (tertiary/aromatic N) is 1. The number of carbonyl (C=O) groups excluding carboxylic acids is 1. The number of halogens is 2. The van der Waals surface area contributed by atoms with Crippen LogP contribution in [-0.4, -0.2) is 16.0 Å². The lowest BCUT2D eigenvalue weighted by atomic mass is 10.1. The van der Waals surface area contributed by atoms with E-state index >= 15 is 0 Å². The lowest BCUT2D eigenvalue weighted by Gasteiger charge is -2.10. The highest BCUT2D eigenvalue weighted by Crippen LogP contribution is 2.22. The fourth-order valence-electron chi connectivity index (χ4n) is 2.98. The normalized spacial score (nSPS) is 10.8. The quantitative estimate of drug-likeness (QED) is 0.350. The van der Waals surface area contributed by atoms with Gasteiger partial charge in [0.1, 0.15) is 5.52 Å². The first kappa shape index (κ1) is 21.3. The molecule has 0 aliphatic rings. The van der Waals surface area contributed by atoms with Crippen LogP contribution >= 0.6 is 35.4 Å². The van der Waals surface area contributed by atoms with E-state index in [0.717, 1.165) is 11.1 Å². The number of carbonyl (C=O) groups is 1. The van der Waals surface area contributed by atoms with Gasteiger partial charge in [-0.1, -0.05) is 41.4 Å². The van der Waals surface area contributed by atoms with Gasteiger partial charge in [0.15, 0.2) is 16.6 Å². The van der Waals surface area contributed by atoms with Crippen molar-refractivity contribution in [3.63, 3.8) is 0 Å². The molecule has 8 heteroatoms. The Morgan fingerprint density at radius 3 is 2.58 bits per heavy atom. The maximum Gasteiger partial charge on any atom is 0.257 e. The van der Waals surface area contributed by atoms with E-state index in [1.165, 1.54) is 0 Å². The van der Waals surface area contributed by atoms with E-state index in [1.54, 1.807) is 30.3 Å². The molecule has 0 atom stereocenters. The number of hydrogen-bond acceptors (Lipinski definition) is 4. The minimum absolute atomic E-state index is 0.172. The van der Waals surface area contributed by atoms with Crippen LogP contribution in [0.5, 0.6) is 0 Å². The van der Waals surface area contributed by atoms with Gasteiger partial charge >= 0.3 is 0 Å². The van der Waals surface area contributed by atoms with Gasteiger partial charge in [0.25, 0.3) is 5.91 Å². The second-order valence-corrected chi connectivity index (χ2v) is 8.22. The van der Waals surface area contributed by atoms with E-state index in [4.69, 9.17) is 39.8 Å². The smallest absolute Gasteiger partial charge is 0.257 e. The molecule has 0 bridgehead atoms. The number of hydrogen-bond donors (Lipinski definition) is 2. The molecule has 0 aliphatic carbocycles. The highest BCUT2D eigenvalue weighted by atomic mass is 35.5. The van der Waals surface area contributed by atoms with Gasteiger partial charge in [-0.05, 0) is 72.7 Å². The van der Waals surface area contributed by atoms with Gasteiger partial charge in [-0.25, -0.2) is 4.98 Å². The van der Waals surface area contributed by atoms with E-state index in [0.29, 0.717) is 44.7 Å². The maximum absolute atomic E-state index is 12.4. The minimum atomic E-state index is -0.341. The molecule has 1 aromatic heterocycles. The molecule has 2 N–H and O–H groups in total. The monoisotopic (exact) mass is 469 g/mol. The predicted molar refractivity (Wildman–Crippen MR) is 128 cm³/mol. The van der Waals surface area contributed by atoms with Gasteiger partial charge in [0.2, 0.25) is 0 Å². The zero-order valence-electron chi connectivity index (χ0n) is 16.4. The Hall–Kier alpha value is -2.93. The second-order valence-electron chi connectivity index (χ2n) is 6.97. The molecule has 156 valence electrons. The predicted octanol–water partition coefficient (Wildman–Crippen LogP) is 6.16. The van der Waals surface area contributed by atoms with Crippen molar-refractivity contribution in [1.82, 2.24) is 10.3 Å². The zero-order chi connectivity index (χ0) is 22.0. The fraction of sp³-hybridized carbons (Fsp3) is 0.0870. The van der Waals surface area contributed by atoms with Crippen LogP contribution in [0.2, 0.25) is 10.0 Å². The third kappa shape index (κ3) is 5.22. The Bertz CT molecular complexity index is 1290. The van der Waals surface area contributed by atoms with E-state index in [-0.39, 0.29) is 11.0 Å². The number of thiocarbonyl (C=S) groups is 1. The highest BCUT2D eigenvalue weighted by Gasteiger charge is 2.11. The van der Waals surface area contributed by atoms with Crippen LogP contribution in [0.3, 0.4) is 0 Å². The first-order valence-corrected chi connectivity index (χ1v) is 10.6. The van der Waals surface area contributed by atoms with Crippen molar-refractivity contribution in [3.8, 4) is 0 Å². The van der Waals surface area contributed by atoms with Crippen molar-refractivity contribution < 1.29 is 9.21 Å². The summed E-state index contributed by atoms with van der Waals surface area (Å²) in [4.78, 5) is 16.9.